The van der Waals surface area contributed by atoms with Crippen LogP contribution in [0.4, 0.5) is 17.3 Å². The number of hydrogen-bond acceptors (Lipinski definition) is 5. The average Bonchev–Trinajstić information content (AvgIpc) is 2.49. The summed E-state index contributed by atoms with van der Waals surface area (Å²) in [6.45, 7) is 1.57. The monoisotopic (exact) mass is 270 g/mol. The first-order valence-electron chi connectivity index (χ1n) is 6.88. The molecule has 104 valence electrons. The van der Waals surface area contributed by atoms with Crippen molar-refractivity contribution in [2.45, 2.75) is 18.9 Å². The van der Waals surface area contributed by atoms with Crippen LogP contribution in [0.15, 0.2) is 42.7 Å². The number of piperidine rings is 1. The molecule has 1 aromatic carbocycles. The minimum atomic E-state index is -0.260. The summed E-state index contributed by atoms with van der Waals surface area (Å²) in [5.41, 5.74) is 0.996. The van der Waals surface area contributed by atoms with Crippen LogP contribution in [0.3, 0.4) is 0 Å². The standard InChI is InChI=1S/C15H18N4O/c20-13-7-4-8-19(10-13)15-9-14(16-11-17-15)18-12-5-2-1-3-6-12/h1-3,5-6,9,11,13,20H,4,7-8,10H2,(H,16,17,18)/t13-/m0/s1. The van der Waals surface area contributed by atoms with Crippen LogP contribution in [-0.4, -0.2) is 34.3 Å². The SMILES string of the molecule is O[C@H]1CCCN(c2cc(Nc3ccccc3)ncn2)C1. The van der Waals surface area contributed by atoms with Crippen LogP contribution in [0.2, 0.25) is 0 Å². The number of para-hydroxylation sites is 1. The molecule has 3 rings (SSSR count). The minimum absolute atomic E-state index is 0.260. The van der Waals surface area contributed by atoms with Crippen molar-refractivity contribution in [3.05, 3.63) is 42.7 Å². The molecule has 2 heterocycles. The van der Waals surface area contributed by atoms with Crippen molar-refractivity contribution in [2.24, 2.45) is 0 Å². The number of aliphatic hydroxyl groups is 1. The van der Waals surface area contributed by atoms with E-state index in [1.807, 2.05) is 36.4 Å². The smallest absolute Gasteiger partial charge is 0.135 e. The second-order valence-electron chi connectivity index (χ2n) is 4.99. The van der Waals surface area contributed by atoms with Gasteiger partial charge in [-0.15, -0.1) is 0 Å². The number of nitrogens with zero attached hydrogens (tertiary/aromatic N) is 3. The van der Waals surface area contributed by atoms with Gasteiger partial charge >= 0.3 is 0 Å². The van der Waals surface area contributed by atoms with Gasteiger partial charge in [-0.3, -0.25) is 0 Å². The van der Waals surface area contributed by atoms with Gasteiger partial charge in [-0.25, -0.2) is 9.97 Å². The van der Waals surface area contributed by atoms with E-state index in [1.165, 1.54) is 0 Å². The molecule has 0 spiro atoms. The molecule has 5 heteroatoms. The van der Waals surface area contributed by atoms with E-state index in [4.69, 9.17) is 0 Å². The lowest BCUT2D eigenvalue weighted by molar-refractivity contribution is 0.154. The molecular formula is C15H18N4O. The summed E-state index contributed by atoms with van der Waals surface area (Å²) in [5.74, 6) is 1.62. The van der Waals surface area contributed by atoms with E-state index in [0.717, 1.165) is 36.7 Å². The first kappa shape index (κ1) is 12.9. The number of nitrogens with one attached hydrogen (secondary N) is 1. The van der Waals surface area contributed by atoms with Gasteiger partial charge in [0.15, 0.2) is 0 Å². The van der Waals surface area contributed by atoms with Crippen molar-refractivity contribution in [3.8, 4) is 0 Å². The lowest BCUT2D eigenvalue weighted by Gasteiger charge is -2.31. The van der Waals surface area contributed by atoms with E-state index in [1.54, 1.807) is 6.33 Å². The quantitative estimate of drug-likeness (QED) is 0.895. The molecule has 1 aliphatic rings. The predicted molar refractivity (Wildman–Crippen MR) is 79.2 cm³/mol. The second-order valence-corrected chi connectivity index (χ2v) is 4.99. The van der Waals surface area contributed by atoms with Gasteiger partial charge in [0.25, 0.3) is 0 Å². The Hall–Kier alpha value is -2.14. The van der Waals surface area contributed by atoms with Crippen LogP contribution in [-0.2, 0) is 0 Å². The van der Waals surface area contributed by atoms with E-state index >= 15 is 0 Å². The Morgan fingerprint density at radius 1 is 1.20 bits per heavy atom. The Balaban J connectivity index is 1.75. The van der Waals surface area contributed by atoms with E-state index in [9.17, 15) is 5.11 Å². The zero-order valence-electron chi connectivity index (χ0n) is 11.2. The molecule has 0 aliphatic carbocycles. The molecule has 2 N–H and O–H groups in total. The molecule has 5 nitrogen and oxygen atoms in total. The molecule has 1 atom stereocenters. The second kappa shape index (κ2) is 5.88. The fourth-order valence-corrected chi connectivity index (χ4v) is 2.42. The highest BCUT2D eigenvalue weighted by atomic mass is 16.3. The maximum absolute atomic E-state index is 9.74. The highest BCUT2D eigenvalue weighted by Crippen LogP contribution is 2.21. The van der Waals surface area contributed by atoms with Crippen LogP contribution in [0.1, 0.15) is 12.8 Å². The zero-order chi connectivity index (χ0) is 13.8. The number of β-amino-alcohol motifs (C(OH)–C–C–N with tert-alkyl or cyclic N) is 1. The molecule has 0 bridgehead atoms. The number of aromatic nitrogens is 2. The normalized spacial score (nSPS) is 18.9. The summed E-state index contributed by atoms with van der Waals surface area (Å²) in [7, 11) is 0. The van der Waals surface area contributed by atoms with Crippen molar-refractivity contribution in [2.75, 3.05) is 23.3 Å². The molecule has 1 aliphatic heterocycles. The molecule has 0 unspecified atom stereocenters. The van der Waals surface area contributed by atoms with Crippen LogP contribution in [0.25, 0.3) is 0 Å². The Kier molecular flexibility index (Phi) is 3.78. The molecule has 1 aromatic heterocycles. The molecule has 1 saturated heterocycles. The van der Waals surface area contributed by atoms with Gasteiger partial charge in [0.05, 0.1) is 6.10 Å². The maximum Gasteiger partial charge on any atom is 0.135 e. The predicted octanol–water partition coefficient (Wildman–Crippen LogP) is 2.18. The van der Waals surface area contributed by atoms with E-state index < -0.39 is 0 Å². The first-order valence-corrected chi connectivity index (χ1v) is 6.88. The molecule has 0 radical (unpaired) electrons. The van der Waals surface area contributed by atoms with Gasteiger partial charge in [0.1, 0.15) is 18.0 Å². The van der Waals surface area contributed by atoms with Crippen LogP contribution >= 0.6 is 0 Å². The van der Waals surface area contributed by atoms with Crippen LogP contribution < -0.4 is 10.2 Å². The zero-order valence-corrected chi connectivity index (χ0v) is 11.2. The molecule has 1 fully saturated rings. The van der Waals surface area contributed by atoms with Crippen molar-refractivity contribution < 1.29 is 5.11 Å². The highest BCUT2D eigenvalue weighted by Gasteiger charge is 2.19. The van der Waals surface area contributed by atoms with Crippen molar-refractivity contribution in [1.29, 1.82) is 0 Å². The van der Waals surface area contributed by atoms with Gasteiger partial charge < -0.3 is 15.3 Å². The topological polar surface area (TPSA) is 61.3 Å². The Morgan fingerprint density at radius 2 is 2.05 bits per heavy atom. The van der Waals surface area contributed by atoms with Gasteiger partial charge in [0, 0.05) is 24.8 Å². The van der Waals surface area contributed by atoms with E-state index in [2.05, 4.69) is 20.2 Å². The highest BCUT2D eigenvalue weighted by molar-refractivity contribution is 5.59. The fourth-order valence-electron chi connectivity index (χ4n) is 2.42. The third kappa shape index (κ3) is 3.05. The lowest BCUT2D eigenvalue weighted by Crippen LogP contribution is -2.38. The van der Waals surface area contributed by atoms with E-state index in [-0.39, 0.29) is 6.10 Å². The van der Waals surface area contributed by atoms with Crippen molar-refractivity contribution >= 4 is 17.3 Å². The molecule has 20 heavy (non-hydrogen) atoms. The summed E-state index contributed by atoms with van der Waals surface area (Å²) < 4.78 is 0. The van der Waals surface area contributed by atoms with Crippen molar-refractivity contribution in [3.63, 3.8) is 0 Å². The summed E-state index contributed by atoms with van der Waals surface area (Å²) in [6.07, 6.45) is 3.16. The molecule has 0 amide bonds. The van der Waals surface area contributed by atoms with Gasteiger partial charge in [0.2, 0.25) is 0 Å². The number of rotatable bonds is 3. The average molecular weight is 270 g/mol. The van der Waals surface area contributed by atoms with Crippen LogP contribution in [0.5, 0.6) is 0 Å². The number of hydrogen-bond donors (Lipinski definition) is 2. The lowest BCUT2D eigenvalue weighted by atomic mass is 10.1. The van der Waals surface area contributed by atoms with Crippen LogP contribution in [0, 0.1) is 0 Å². The third-order valence-electron chi connectivity index (χ3n) is 3.42. The maximum atomic E-state index is 9.74. The summed E-state index contributed by atoms with van der Waals surface area (Å²) >= 11 is 0. The Labute approximate surface area is 118 Å². The summed E-state index contributed by atoms with van der Waals surface area (Å²) in [6, 6.07) is 11.8. The van der Waals surface area contributed by atoms with Gasteiger partial charge in [-0.2, -0.15) is 0 Å². The first-order chi connectivity index (χ1) is 9.81. The largest absolute Gasteiger partial charge is 0.391 e. The van der Waals surface area contributed by atoms with Crippen molar-refractivity contribution in [1.82, 2.24) is 9.97 Å². The number of benzene rings is 1. The van der Waals surface area contributed by atoms with Gasteiger partial charge in [-0.05, 0) is 25.0 Å². The summed E-state index contributed by atoms with van der Waals surface area (Å²) in [4.78, 5) is 10.6. The molecular weight excluding hydrogens is 252 g/mol. The van der Waals surface area contributed by atoms with Gasteiger partial charge in [-0.1, -0.05) is 18.2 Å². The molecule has 2 aromatic rings. The third-order valence-corrected chi connectivity index (χ3v) is 3.42. The Bertz CT molecular complexity index is 561. The van der Waals surface area contributed by atoms with E-state index in [0.29, 0.717) is 6.54 Å². The minimum Gasteiger partial charge on any atom is -0.391 e. The summed E-state index contributed by atoms with van der Waals surface area (Å²) in [5, 5.41) is 13.0. The molecule has 0 saturated carbocycles. The fraction of sp³-hybridized carbons (Fsp3) is 0.333. The number of aliphatic hydroxyl groups excluding tert-OH is 1. The number of anilines is 3. The Morgan fingerprint density at radius 3 is 2.85 bits per heavy atom.